The molecule has 5 rings (SSSR count). The molecular weight excluding hydrogens is 408 g/mol. The third-order valence-corrected chi connectivity index (χ3v) is 6.31. The lowest BCUT2D eigenvalue weighted by Gasteiger charge is -2.45. The summed E-state index contributed by atoms with van der Waals surface area (Å²) in [5, 5.41) is 7.24. The number of nitrogens with one attached hydrogen (secondary N) is 1. The molecular formula is C23H28N6O3. The smallest absolute Gasteiger partial charge is 0.255 e. The Morgan fingerprint density at radius 3 is 2.94 bits per heavy atom. The van der Waals surface area contributed by atoms with E-state index in [9.17, 15) is 4.79 Å². The number of methoxy groups -OCH3 is 1. The number of aromatic nitrogens is 4. The summed E-state index contributed by atoms with van der Waals surface area (Å²) >= 11 is 0. The molecule has 9 heteroatoms. The number of likely N-dealkylation sites (tertiary alicyclic amines) is 1. The highest BCUT2D eigenvalue weighted by Gasteiger charge is 2.47. The highest BCUT2D eigenvalue weighted by molar-refractivity contribution is 5.94. The molecule has 0 saturated carbocycles. The minimum Gasteiger partial charge on any atom is -0.497 e. The maximum Gasteiger partial charge on any atom is 0.255 e. The molecule has 1 saturated heterocycles. The second kappa shape index (κ2) is 8.40. The van der Waals surface area contributed by atoms with Gasteiger partial charge in [-0.25, -0.2) is 4.98 Å². The summed E-state index contributed by atoms with van der Waals surface area (Å²) < 4.78 is 15.7. The Bertz CT molecular complexity index is 1100. The van der Waals surface area contributed by atoms with Crippen molar-refractivity contribution in [3.63, 3.8) is 0 Å². The van der Waals surface area contributed by atoms with Gasteiger partial charge in [-0.15, -0.1) is 0 Å². The maximum absolute atomic E-state index is 13.1. The van der Waals surface area contributed by atoms with Crippen LogP contribution < -0.4 is 10.1 Å². The number of anilines is 1. The van der Waals surface area contributed by atoms with Crippen molar-refractivity contribution in [2.75, 3.05) is 25.5 Å². The number of hydrogen-bond acceptors (Lipinski definition) is 6. The third kappa shape index (κ3) is 4.01. The lowest BCUT2D eigenvalue weighted by Crippen LogP contribution is -2.53. The Kier molecular flexibility index (Phi) is 5.44. The fourth-order valence-corrected chi connectivity index (χ4v) is 4.68. The largest absolute Gasteiger partial charge is 0.497 e. The van der Waals surface area contributed by atoms with Crippen LogP contribution in [0, 0.1) is 0 Å². The predicted molar refractivity (Wildman–Crippen MR) is 118 cm³/mol. The molecule has 1 fully saturated rings. The van der Waals surface area contributed by atoms with Crippen LogP contribution in [0.15, 0.2) is 49.1 Å². The molecule has 1 atom stereocenters. The van der Waals surface area contributed by atoms with E-state index in [-0.39, 0.29) is 5.91 Å². The Hall–Kier alpha value is -3.17. The van der Waals surface area contributed by atoms with Crippen molar-refractivity contribution in [3.8, 4) is 5.75 Å². The van der Waals surface area contributed by atoms with Crippen molar-refractivity contribution in [3.05, 3.63) is 60.4 Å². The molecule has 0 aliphatic carbocycles. The van der Waals surface area contributed by atoms with Crippen LogP contribution in [0.2, 0.25) is 0 Å². The summed E-state index contributed by atoms with van der Waals surface area (Å²) in [5.74, 6) is 1.46. The number of amides is 1. The minimum absolute atomic E-state index is 0.158. The van der Waals surface area contributed by atoms with Crippen molar-refractivity contribution in [1.29, 1.82) is 0 Å². The minimum atomic E-state index is -0.590. The first-order valence-electron chi connectivity index (χ1n) is 10.9. The SMILES string of the molecule is COc1cccc(NC(=O)[C@@H]2Cn3ccnc3C3(CCN(Cc4cnn(C)c4)CC3)O2)c1. The molecule has 0 bridgehead atoms. The van der Waals surface area contributed by atoms with Crippen LogP contribution in [0.25, 0.3) is 0 Å². The first-order valence-corrected chi connectivity index (χ1v) is 10.9. The van der Waals surface area contributed by atoms with Crippen LogP contribution in [0.3, 0.4) is 0 Å². The summed E-state index contributed by atoms with van der Waals surface area (Å²) in [6.45, 7) is 3.04. The van der Waals surface area contributed by atoms with Gasteiger partial charge in [0.05, 0.1) is 19.9 Å². The number of carbonyl (C=O) groups excluding carboxylic acids is 1. The van der Waals surface area contributed by atoms with Gasteiger partial charge in [0, 0.05) is 62.6 Å². The Morgan fingerprint density at radius 2 is 2.19 bits per heavy atom. The van der Waals surface area contributed by atoms with Crippen molar-refractivity contribution in [1.82, 2.24) is 24.2 Å². The standard InChI is InChI=1S/C23H28N6O3/c1-27-14-17(13-25-27)15-28-9-6-23(7-10-28)22-24-8-11-29(22)16-20(32-23)21(30)26-18-4-3-5-19(12-18)31-2/h3-5,8,11-14,20H,6-7,9-10,15-16H2,1-2H3,(H,26,30)/t20-/m0/s1. The van der Waals surface area contributed by atoms with Crippen molar-refractivity contribution in [2.24, 2.45) is 7.05 Å². The molecule has 1 N–H and O–H groups in total. The first-order chi connectivity index (χ1) is 15.5. The summed E-state index contributed by atoms with van der Waals surface area (Å²) in [6.07, 6.45) is 8.67. The summed E-state index contributed by atoms with van der Waals surface area (Å²) in [5.41, 5.74) is 1.34. The summed E-state index contributed by atoms with van der Waals surface area (Å²) in [4.78, 5) is 20.1. The zero-order valence-electron chi connectivity index (χ0n) is 18.4. The number of aryl methyl sites for hydroxylation is 1. The van der Waals surface area contributed by atoms with Gasteiger partial charge in [-0.1, -0.05) is 6.07 Å². The van der Waals surface area contributed by atoms with E-state index < -0.39 is 11.7 Å². The number of imidazole rings is 1. The Balaban J connectivity index is 1.29. The van der Waals surface area contributed by atoms with Crippen LogP contribution >= 0.6 is 0 Å². The Morgan fingerprint density at radius 1 is 1.34 bits per heavy atom. The molecule has 1 spiro atoms. The molecule has 32 heavy (non-hydrogen) atoms. The molecule has 3 aromatic rings. The maximum atomic E-state index is 13.1. The van der Waals surface area contributed by atoms with E-state index in [1.807, 2.05) is 48.5 Å². The zero-order valence-corrected chi connectivity index (χ0v) is 18.4. The number of piperidine rings is 1. The van der Waals surface area contributed by atoms with Gasteiger partial charge in [-0.05, 0) is 25.0 Å². The van der Waals surface area contributed by atoms with Crippen LogP contribution in [0.5, 0.6) is 5.75 Å². The molecule has 9 nitrogen and oxygen atoms in total. The number of ether oxygens (including phenoxy) is 2. The summed E-state index contributed by atoms with van der Waals surface area (Å²) in [6, 6.07) is 7.34. The number of carbonyl (C=O) groups is 1. The van der Waals surface area contributed by atoms with E-state index in [4.69, 9.17) is 9.47 Å². The van der Waals surface area contributed by atoms with Crippen LogP contribution in [-0.2, 0) is 35.3 Å². The van der Waals surface area contributed by atoms with Gasteiger partial charge in [0.1, 0.15) is 17.2 Å². The molecule has 1 amide bonds. The second-order valence-corrected chi connectivity index (χ2v) is 8.52. The van der Waals surface area contributed by atoms with E-state index in [2.05, 4.69) is 24.9 Å². The highest BCUT2D eigenvalue weighted by atomic mass is 16.5. The number of benzene rings is 1. The highest BCUT2D eigenvalue weighted by Crippen LogP contribution is 2.40. The van der Waals surface area contributed by atoms with Crippen LogP contribution in [0.4, 0.5) is 5.69 Å². The van der Waals surface area contributed by atoms with Gasteiger partial charge in [0.2, 0.25) is 0 Å². The van der Waals surface area contributed by atoms with Gasteiger partial charge in [0.15, 0.2) is 6.10 Å². The predicted octanol–water partition coefficient (Wildman–Crippen LogP) is 2.15. The van der Waals surface area contributed by atoms with Crippen LogP contribution in [-0.4, -0.2) is 56.4 Å². The van der Waals surface area contributed by atoms with Crippen molar-refractivity contribution >= 4 is 11.6 Å². The average molecular weight is 437 g/mol. The molecule has 0 unspecified atom stereocenters. The average Bonchev–Trinajstić information content (AvgIpc) is 3.45. The van der Waals surface area contributed by atoms with E-state index in [0.717, 1.165) is 38.3 Å². The number of fused-ring (bicyclic) bond motifs is 2. The quantitative estimate of drug-likeness (QED) is 0.660. The normalized spacial score (nSPS) is 20.1. The molecule has 2 aromatic heterocycles. The number of hydrogen-bond donors (Lipinski definition) is 1. The lowest BCUT2D eigenvalue weighted by molar-refractivity contribution is -0.170. The van der Waals surface area contributed by atoms with E-state index in [1.54, 1.807) is 19.4 Å². The second-order valence-electron chi connectivity index (χ2n) is 8.52. The molecule has 2 aliphatic heterocycles. The fourth-order valence-electron chi connectivity index (χ4n) is 4.68. The number of nitrogens with zero attached hydrogens (tertiary/aromatic N) is 5. The molecule has 168 valence electrons. The lowest BCUT2D eigenvalue weighted by atomic mass is 9.88. The topological polar surface area (TPSA) is 86.4 Å². The first kappa shape index (κ1) is 20.7. The molecule has 4 heterocycles. The zero-order chi connectivity index (χ0) is 22.1. The summed E-state index contributed by atoms with van der Waals surface area (Å²) in [7, 11) is 3.54. The molecule has 0 radical (unpaired) electrons. The molecule has 1 aromatic carbocycles. The van der Waals surface area contributed by atoms with Gasteiger partial charge in [-0.3, -0.25) is 14.4 Å². The van der Waals surface area contributed by atoms with E-state index in [1.165, 1.54) is 5.56 Å². The molecule has 2 aliphatic rings. The van der Waals surface area contributed by atoms with Crippen molar-refractivity contribution < 1.29 is 14.3 Å². The van der Waals surface area contributed by atoms with Gasteiger partial charge in [-0.2, -0.15) is 5.10 Å². The van der Waals surface area contributed by atoms with Gasteiger partial charge < -0.3 is 19.4 Å². The van der Waals surface area contributed by atoms with E-state index in [0.29, 0.717) is 18.0 Å². The third-order valence-electron chi connectivity index (χ3n) is 6.31. The Labute approximate surface area is 186 Å². The van der Waals surface area contributed by atoms with Crippen molar-refractivity contribution in [2.45, 2.75) is 37.6 Å². The van der Waals surface area contributed by atoms with Crippen LogP contribution in [0.1, 0.15) is 24.2 Å². The monoisotopic (exact) mass is 436 g/mol. The number of rotatable bonds is 5. The van der Waals surface area contributed by atoms with Gasteiger partial charge >= 0.3 is 0 Å². The van der Waals surface area contributed by atoms with Gasteiger partial charge in [0.25, 0.3) is 5.91 Å². The fraction of sp³-hybridized carbons (Fsp3) is 0.435. The van der Waals surface area contributed by atoms with E-state index >= 15 is 0 Å².